The number of aliphatic carboxylic acids is 1. The van der Waals surface area contributed by atoms with E-state index in [1.54, 1.807) is 20.8 Å². The molecule has 5 nitrogen and oxygen atoms in total. The summed E-state index contributed by atoms with van der Waals surface area (Å²) in [6.45, 7) is 5.20. The summed E-state index contributed by atoms with van der Waals surface area (Å²) in [5, 5.41) is 14.0. The molecule has 2 rings (SSSR count). The minimum atomic E-state index is -1.07. The van der Waals surface area contributed by atoms with Crippen molar-refractivity contribution >= 4 is 34.6 Å². The molecule has 25 heavy (non-hydrogen) atoms. The van der Waals surface area contributed by atoms with Gasteiger partial charge in [-0.15, -0.1) is 0 Å². The summed E-state index contributed by atoms with van der Waals surface area (Å²) in [6, 6.07) is 13.2. The summed E-state index contributed by atoms with van der Waals surface area (Å²) in [5.41, 5.74) is 0.480. The molecule has 1 unspecified atom stereocenters. The molecule has 0 saturated heterocycles. The summed E-state index contributed by atoms with van der Waals surface area (Å²) in [6.07, 6.45) is -0.717. The average Bonchev–Trinajstić information content (AvgIpc) is 2.52. The lowest BCUT2D eigenvalue weighted by Gasteiger charge is -2.21. The number of ether oxygens (including phenoxy) is 1. The minimum Gasteiger partial charge on any atom is -0.480 e. The molecule has 0 bridgehead atoms. The fourth-order valence-electron chi connectivity index (χ4n) is 2.33. The van der Waals surface area contributed by atoms with Crippen LogP contribution in [0.15, 0.2) is 42.5 Å². The molecule has 2 aromatic carbocycles. The van der Waals surface area contributed by atoms with Crippen LogP contribution in [0, 0.1) is 0 Å². The van der Waals surface area contributed by atoms with Gasteiger partial charge in [0.05, 0.1) is 0 Å². The minimum absolute atomic E-state index is 0.262. The van der Waals surface area contributed by atoms with Gasteiger partial charge in [-0.05, 0) is 37.1 Å². The number of fused-ring (bicyclic) bond motifs is 1. The second-order valence-electron chi connectivity index (χ2n) is 6.69. The molecule has 0 heterocycles. The zero-order valence-corrected chi connectivity index (χ0v) is 15.4. The molecule has 2 N–H and O–H groups in total. The summed E-state index contributed by atoms with van der Waals surface area (Å²) in [5.74, 6) is -0.143. The van der Waals surface area contributed by atoms with E-state index in [0.29, 0.717) is 5.75 Å². The number of rotatable bonds is 6. The van der Waals surface area contributed by atoms with E-state index in [0.717, 1.165) is 16.3 Å². The van der Waals surface area contributed by atoms with Gasteiger partial charge in [0.2, 0.25) is 0 Å². The summed E-state index contributed by atoms with van der Waals surface area (Å²) in [7, 11) is 0. The van der Waals surface area contributed by atoms with Crippen LogP contribution >= 0.6 is 11.8 Å². The molecule has 1 amide bonds. The van der Waals surface area contributed by atoms with Crippen LogP contribution in [-0.4, -0.2) is 34.6 Å². The van der Waals surface area contributed by atoms with Crippen LogP contribution in [0.5, 0.6) is 0 Å². The topological polar surface area (TPSA) is 75.6 Å². The highest BCUT2D eigenvalue weighted by atomic mass is 32.2. The van der Waals surface area contributed by atoms with Gasteiger partial charge < -0.3 is 15.2 Å². The molecular formula is C19H23NO4S. The Bertz CT molecular complexity index is 749. The molecule has 0 aliphatic heterocycles. The number of carbonyl (C=O) groups is 2. The van der Waals surface area contributed by atoms with E-state index in [1.165, 1.54) is 11.8 Å². The van der Waals surface area contributed by atoms with Gasteiger partial charge >= 0.3 is 12.1 Å². The fraction of sp³-hybridized carbons (Fsp3) is 0.368. The first-order valence-corrected chi connectivity index (χ1v) is 9.18. The molecule has 6 heteroatoms. The molecule has 2 aromatic rings. The number of amides is 1. The molecule has 0 spiro atoms. The van der Waals surface area contributed by atoms with Crippen molar-refractivity contribution in [1.82, 2.24) is 5.32 Å². The maximum absolute atomic E-state index is 11.8. The van der Waals surface area contributed by atoms with Crippen LogP contribution in [0.1, 0.15) is 26.3 Å². The summed E-state index contributed by atoms with van der Waals surface area (Å²) < 4.78 is 5.12. The van der Waals surface area contributed by atoms with Gasteiger partial charge in [0.1, 0.15) is 11.6 Å². The van der Waals surface area contributed by atoms with Gasteiger partial charge in [-0.1, -0.05) is 42.5 Å². The molecule has 134 valence electrons. The Kier molecular flexibility index (Phi) is 6.31. The van der Waals surface area contributed by atoms with Crippen LogP contribution in [-0.2, 0) is 15.3 Å². The number of carbonyl (C=O) groups excluding carboxylic acids is 1. The first kappa shape index (κ1) is 19.1. The monoisotopic (exact) mass is 361 g/mol. The van der Waals surface area contributed by atoms with Crippen molar-refractivity contribution in [1.29, 1.82) is 0 Å². The molecule has 0 aromatic heterocycles. The normalized spacial score (nSPS) is 12.6. The Morgan fingerprint density at radius 1 is 1.16 bits per heavy atom. The van der Waals surface area contributed by atoms with Crippen molar-refractivity contribution in [2.45, 2.75) is 38.2 Å². The molecular weight excluding hydrogens is 338 g/mol. The van der Waals surface area contributed by atoms with E-state index in [-0.39, 0.29) is 5.75 Å². The molecule has 1 atom stereocenters. The maximum atomic E-state index is 11.8. The number of carboxylic acids is 1. The predicted molar refractivity (Wildman–Crippen MR) is 101 cm³/mol. The predicted octanol–water partition coefficient (Wildman–Crippen LogP) is 4.05. The Labute approximate surface area is 151 Å². The summed E-state index contributed by atoms with van der Waals surface area (Å²) in [4.78, 5) is 23.1. The number of hydrogen-bond acceptors (Lipinski definition) is 4. The van der Waals surface area contributed by atoms with Gasteiger partial charge in [0.15, 0.2) is 0 Å². The van der Waals surface area contributed by atoms with Gasteiger partial charge in [0, 0.05) is 11.5 Å². The smallest absolute Gasteiger partial charge is 0.408 e. The van der Waals surface area contributed by atoms with Crippen LogP contribution in [0.2, 0.25) is 0 Å². The van der Waals surface area contributed by atoms with Crippen molar-refractivity contribution in [2.75, 3.05) is 5.75 Å². The third kappa shape index (κ3) is 5.98. The quantitative estimate of drug-likeness (QED) is 0.812. The van der Waals surface area contributed by atoms with Crippen molar-refractivity contribution in [3.8, 4) is 0 Å². The largest absolute Gasteiger partial charge is 0.480 e. The zero-order valence-electron chi connectivity index (χ0n) is 14.6. The van der Waals surface area contributed by atoms with E-state index >= 15 is 0 Å². The molecule has 0 fully saturated rings. The Balaban J connectivity index is 1.95. The average molecular weight is 361 g/mol. The van der Waals surface area contributed by atoms with E-state index in [9.17, 15) is 14.7 Å². The SMILES string of the molecule is CC(C)(C)OC(=O)NC(CSCc1cccc2ccccc12)C(=O)O. The highest BCUT2D eigenvalue weighted by molar-refractivity contribution is 7.98. The number of nitrogens with one attached hydrogen (secondary N) is 1. The Morgan fingerprint density at radius 3 is 2.52 bits per heavy atom. The van der Waals surface area contributed by atoms with Crippen LogP contribution < -0.4 is 5.32 Å². The van der Waals surface area contributed by atoms with Crippen LogP contribution in [0.25, 0.3) is 10.8 Å². The van der Waals surface area contributed by atoms with Crippen molar-refractivity contribution in [3.63, 3.8) is 0 Å². The highest BCUT2D eigenvalue weighted by Crippen LogP contribution is 2.23. The van der Waals surface area contributed by atoms with Crippen molar-refractivity contribution in [2.24, 2.45) is 0 Å². The molecule has 0 aliphatic carbocycles. The number of hydrogen-bond donors (Lipinski definition) is 2. The van der Waals surface area contributed by atoms with E-state index in [2.05, 4.69) is 11.4 Å². The van der Waals surface area contributed by atoms with Gasteiger partial charge in [-0.3, -0.25) is 0 Å². The van der Waals surface area contributed by atoms with Crippen LogP contribution in [0.4, 0.5) is 4.79 Å². The Morgan fingerprint density at radius 2 is 1.84 bits per heavy atom. The molecule has 0 saturated carbocycles. The lowest BCUT2D eigenvalue weighted by Crippen LogP contribution is -2.44. The van der Waals surface area contributed by atoms with Crippen molar-refractivity contribution < 1.29 is 19.4 Å². The first-order chi connectivity index (χ1) is 11.8. The number of alkyl carbamates (subject to hydrolysis) is 1. The fourth-order valence-corrected chi connectivity index (χ4v) is 3.38. The lowest BCUT2D eigenvalue weighted by atomic mass is 10.1. The van der Waals surface area contributed by atoms with E-state index in [1.807, 2.05) is 36.4 Å². The molecule has 0 aliphatic rings. The zero-order chi connectivity index (χ0) is 18.4. The third-order valence-electron chi connectivity index (χ3n) is 3.41. The Hall–Kier alpha value is -2.21. The van der Waals surface area contributed by atoms with Gasteiger partial charge in [-0.2, -0.15) is 11.8 Å². The number of carboxylic acid groups (broad SMARTS) is 1. The highest BCUT2D eigenvalue weighted by Gasteiger charge is 2.23. The van der Waals surface area contributed by atoms with E-state index in [4.69, 9.17) is 4.74 Å². The van der Waals surface area contributed by atoms with Crippen LogP contribution in [0.3, 0.4) is 0 Å². The van der Waals surface area contributed by atoms with Gasteiger partial charge in [0.25, 0.3) is 0 Å². The van der Waals surface area contributed by atoms with Crippen molar-refractivity contribution in [3.05, 3.63) is 48.0 Å². The third-order valence-corrected chi connectivity index (χ3v) is 4.50. The first-order valence-electron chi connectivity index (χ1n) is 8.03. The second-order valence-corrected chi connectivity index (χ2v) is 7.72. The maximum Gasteiger partial charge on any atom is 0.408 e. The standard InChI is InChI=1S/C19H23NO4S/c1-19(2,3)24-18(23)20-16(17(21)22)12-25-11-14-9-6-8-13-7-4-5-10-15(13)14/h4-10,16H,11-12H2,1-3H3,(H,20,23)(H,21,22). The second kappa shape index (κ2) is 8.25. The summed E-state index contributed by atoms with van der Waals surface area (Å²) >= 11 is 1.47. The van der Waals surface area contributed by atoms with E-state index < -0.39 is 23.7 Å². The van der Waals surface area contributed by atoms with Gasteiger partial charge in [-0.25, -0.2) is 9.59 Å². The number of thioether (sulfide) groups is 1. The number of benzene rings is 2. The lowest BCUT2D eigenvalue weighted by molar-refractivity contribution is -0.138. The molecule has 0 radical (unpaired) electrons.